The number of nitrogens with one attached hydrogen (secondary N) is 1. The molecule has 1 unspecified atom stereocenters. The number of pyridine rings is 1. The normalized spacial score (nSPS) is 20.8. The van der Waals surface area contributed by atoms with E-state index in [1.807, 2.05) is 30.1 Å². The summed E-state index contributed by atoms with van der Waals surface area (Å²) in [7, 11) is 1.81. The Morgan fingerprint density at radius 1 is 1.35 bits per heavy atom. The number of rotatable bonds is 4. The molecular weight excluding hydrogens is 330 g/mol. The van der Waals surface area contributed by atoms with Gasteiger partial charge < -0.3 is 14.8 Å². The van der Waals surface area contributed by atoms with E-state index in [2.05, 4.69) is 15.3 Å². The van der Waals surface area contributed by atoms with E-state index in [1.54, 1.807) is 23.3 Å². The molecule has 2 amide bonds. The van der Waals surface area contributed by atoms with Crippen LogP contribution in [0.2, 0.25) is 0 Å². The minimum Gasteiger partial charge on any atom is -0.350 e. The van der Waals surface area contributed by atoms with Crippen LogP contribution in [-0.2, 0) is 18.4 Å². The molecule has 4 rings (SSSR count). The lowest BCUT2D eigenvalue weighted by Crippen LogP contribution is -2.45. The fourth-order valence-corrected chi connectivity index (χ4v) is 4.15. The van der Waals surface area contributed by atoms with Gasteiger partial charge in [0.25, 0.3) is 5.91 Å². The Kier molecular flexibility index (Phi) is 4.22. The Morgan fingerprint density at radius 2 is 2.19 bits per heavy atom. The standard InChI is InChI=1S/C19H23N5O2/c1-23-13-20-10-16(23)18(26)24-11-15(19(12-24)6-4-7-19)17(25)22-9-14-5-2-3-8-21-14/h2-3,5,8,10,13,15H,4,6-7,9,11-12H2,1H3,(H,22,25). The third kappa shape index (κ3) is 2.87. The van der Waals surface area contributed by atoms with Crippen LogP contribution in [0, 0.1) is 11.3 Å². The third-order valence-corrected chi connectivity index (χ3v) is 5.81. The van der Waals surface area contributed by atoms with E-state index in [-0.39, 0.29) is 23.1 Å². The Balaban J connectivity index is 1.46. The second kappa shape index (κ2) is 6.55. The summed E-state index contributed by atoms with van der Waals surface area (Å²) in [6.07, 6.45) is 8.06. The molecule has 26 heavy (non-hydrogen) atoms. The predicted octanol–water partition coefficient (Wildman–Crippen LogP) is 1.37. The third-order valence-electron chi connectivity index (χ3n) is 5.81. The van der Waals surface area contributed by atoms with Crippen molar-refractivity contribution in [3.05, 3.63) is 48.3 Å². The van der Waals surface area contributed by atoms with Crippen molar-refractivity contribution in [2.45, 2.75) is 25.8 Å². The van der Waals surface area contributed by atoms with Crippen LogP contribution in [-0.4, -0.2) is 44.3 Å². The number of hydrogen-bond donors (Lipinski definition) is 1. The molecule has 1 aliphatic carbocycles. The van der Waals surface area contributed by atoms with Crippen molar-refractivity contribution >= 4 is 11.8 Å². The molecule has 2 aromatic heterocycles. The maximum Gasteiger partial charge on any atom is 0.272 e. The van der Waals surface area contributed by atoms with Crippen LogP contribution in [0.15, 0.2) is 36.9 Å². The number of aryl methyl sites for hydroxylation is 1. The van der Waals surface area contributed by atoms with Crippen LogP contribution < -0.4 is 5.32 Å². The average Bonchev–Trinajstić information content (AvgIpc) is 3.24. The van der Waals surface area contributed by atoms with Crippen LogP contribution in [0.5, 0.6) is 0 Å². The summed E-state index contributed by atoms with van der Waals surface area (Å²) < 4.78 is 1.73. The number of nitrogens with zero attached hydrogens (tertiary/aromatic N) is 4. The molecule has 1 atom stereocenters. The van der Waals surface area contributed by atoms with Gasteiger partial charge in [0, 0.05) is 31.7 Å². The first-order valence-electron chi connectivity index (χ1n) is 9.02. The number of aromatic nitrogens is 3. The summed E-state index contributed by atoms with van der Waals surface area (Å²) in [5.74, 6) is -0.177. The molecule has 7 nitrogen and oxygen atoms in total. The molecule has 1 aliphatic heterocycles. The summed E-state index contributed by atoms with van der Waals surface area (Å²) in [5, 5.41) is 3.01. The van der Waals surface area contributed by atoms with Crippen molar-refractivity contribution in [2.75, 3.05) is 13.1 Å². The van der Waals surface area contributed by atoms with Gasteiger partial charge in [0.15, 0.2) is 0 Å². The van der Waals surface area contributed by atoms with Crippen molar-refractivity contribution in [3.8, 4) is 0 Å². The monoisotopic (exact) mass is 353 g/mol. The SMILES string of the molecule is Cn1cncc1C(=O)N1CC(C(=O)NCc2ccccn2)C2(CCC2)C1. The van der Waals surface area contributed by atoms with E-state index < -0.39 is 0 Å². The van der Waals surface area contributed by atoms with E-state index in [9.17, 15) is 9.59 Å². The molecule has 0 aromatic carbocycles. The number of carbonyl (C=O) groups is 2. The number of imidazole rings is 1. The highest BCUT2D eigenvalue weighted by molar-refractivity contribution is 5.93. The molecule has 3 heterocycles. The van der Waals surface area contributed by atoms with Crippen molar-refractivity contribution in [3.63, 3.8) is 0 Å². The van der Waals surface area contributed by atoms with E-state index in [0.29, 0.717) is 25.3 Å². The van der Waals surface area contributed by atoms with Crippen molar-refractivity contribution in [1.82, 2.24) is 24.8 Å². The van der Waals surface area contributed by atoms with Crippen molar-refractivity contribution < 1.29 is 9.59 Å². The first-order valence-corrected chi connectivity index (χ1v) is 9.02. The molecule has 0 bridgehead atoms. The van der Waals surface area contributed by atoms with Crippen LogP contribution in [0.1, 0.15) is 35.4 Å². The highest BCUT2D eigenvalue weighted by Crippen LogP contribution is 2.51. The average molecular weight is 353 g/mol. The highest BCUT2D eigenvalue weighted by Gasteiger charge is 2.54. The lowest BCUT2D eigenvalue weighted by molar-refractivity contribution is -0.129. The van der Waals surface area contributed by atoms with Crippen LogP contribution in [0.25, 0.3) is 0 Å². The van der Waals surface area contributed by atoms with Crippen LogP contribution in [0.3, 0.4) is 0 Å². The first kappa shape index (κ1) is 16.8. The predicted molar refractivity (Wildman–Crippen MR) is 95.0 cm³/mol. The topological polar surface area (TPSA) is 80.1 Å². The van der Waals surface area contributed by atoms with E-state index in [0.717, 1.165) is 25.0 Å². The van der Waals surface area contributed by atoms with Gasteiger partial charge in [0.1, 0.15) is 5.69 Å². The largest absolute Gasteiger partial charge is 0.350 e. The molecule has 1 saturated heterocycles. The molecule has 2 aliphatic rings. The van der Waals surface area contributed by atoms with E-state index in [1.165, 1.54) is 0 Å². The van der Waals surface area contributed by atoms with E-state index >= 15 is 0 Å². The fourth-order valence-electron chi connectivity index (χ4n) is 4.15. The molecule has 7 heteroatoms. The van der Waals surface area contributed by atoms with Gasteiger partial charge in [-0.2, -0.15) is 0 Å². The molecule has 2 aromatic rings. The molecule has 1 N–H and O–H groups in total. The van der Waals surface area contributed by atoms with Crippen LogP contribution in [0.4, 0.5) is 0 Å². The van der Waals surface area contributed by atoms with E-state index in [4.69, 9.17) is 0 Å². The summed E-state index contributed by atoms with van der Waals surface area (Å²) in [5.41, 5.74) is 1.33. The summed E-state index contributed by atoms with van der Waals surface area (Å²) >= 11 is 0. The van der Waals surface area contributed by atoms with Gasteiger partial charge in [0.2, 0.25) is 5.91 Å². The quantitative estimate of drug-likeness (QED) is 0.900. The second-order valence-corrected chi connectivity index (χ2v) is 7.38. The van der Waals surface area contributed by atoms with Gasteiger partial charge in [-0.25, -0.2) is 4.98 Å². The summed E-state index contributed by atoms with van der Waals surface area (Å²) in [6.45, 7) is 1.54. The van der Waals surface area contributed by atoms with Crippen molar-refractivity contribution in [1.29, 1.82) is 0 Å². The smallest absolute Gasteiger partial charge is 0.272 e. The molecular formula is C19H23N5O2. The molecule has 0 radical (unpaired) electrons. The zero-order chi connectivity index (χ0) is 18.1. The van der Waals surface area contributed by atoms with Gasteiger partial charge in [0.05, 0.1) is 30.7 Å². The maximum atomic E-state index is 12.9. The number of hydrogen-bond acceptors (Lipinski definition) is 4. The molecule has 1 spiro atoms. The minimum atomic E-state index is -0.155. The Labute approximate surface area is 152 Å². The zero-order valence-electron chi connectivity index (χ0n) is 14.9. The van der Waals surface area contributed by atoms with Crippen LogP contribution >= 0.6 is 0 Å². The molecule has 2 fully saturated rings. The lowest BCUT2D eigenvalue weighted by Gasteiger charge is -2.41. The maximum absolute atomic E-state index is 12.9. The summed E-state index contributed by atoms with van der Waals surface area (Å²) in [6, 6.07) is 5.66. The molecule has 136 valence electrons. The summed E-state index contributed by atoms with van der Waals surface area (Å²) in [4.78, 5) is 35.8. The fraction of sp³-hybridized carbons (Fsp3) is 0.474. The van der Waals surface area contributed by atoms with Gasteiger partial charge in [-0.3, -0.25) is 14.6 Å². The Hall–Kier alpha value is -2.70. The minimum absolute atomic E-state index is 0.0238. The van der Waals surface area contributed by atoms with Gasteiger partial charge >= 0.3 is 0 Å². The first-order chi connectivity index (χ1) is 12.6. The van der Waals surface area contributed by atoms with Gasteiger partial charge in [-0.15, -0.1) is 0 Å². The Morgan fingerprint density at radius 3 is 2.81 bits per heavy atom. The van der Waals surface area contributed by atoms with Gasteiger partial charge in [-0.1, -0.05) is 12.5 Å². The van der Waals surface area contributed by atoms with Crippen molar-refractivity contribution in [2.24, 2.45) is 18.4 Å². The van der Waals surface area contributed by atoms with Gasteiger partial charge in [-0.05, 0) is 25.0 Å². The molecule has 1 saturated carbocycles. The number of amides is 2. The highest BCUT2D eigenvalue weighted by atomic mass is 16.2. The lowest BCUT2D eigenvalue weighted by atomic mass is 9.62. The Bertz CT molecular complexity index is 812. The second-order valence-electron chi connectivity index (χ2n) is 7.38. The number of carbonyl (C=O) groups excluding carboxylic acids is 2. The number of likely N-dealkylation sites (tertiary alicyclic amines) is 1. The zero-order valence-corrected chi connectivity index (χ0v) is 14.9.